The summed E-state index contributed by atoms with van der Waals surface area (Å²) in [6, 6.07) is 43.1. The minimum Gasteiger partial charge on any atom is -0.507 e. The van der Waals surface area contributed by atoms with Gasteiger partial charge < -0.3 is 5.11 Å². The van der Waals surface area contributed by atoms with E-state index < -0.39 is 31.9 Å². The second kappa shape index (κ2) is 16.5. The van der Waals surface area contributed by atoms with Crippen LogP contribution in [0.4, 0.5) is 0 Å². The molecule has 0 unspecified atom stereocenters. The standard InChI is InChI=1S/C55H54N3O.Pt/c1-34(2)47-33-44(23-24-45(47)38-15-12-11-13-16-38)58-50-18-14-17-46(51(50)57-53(58)48-28-35(3)27-36(4)52(48)59)40-29-41(31-43(30-40)55(8,9)10)49-32-39(25-26-56-49)37-19-21-42(22-20-37)54(5,6)7;/h11-28,30-34,59H,1-10H3;/q-1;/i5D3,6D3,7D3,34D;. The summed E-state index contributed by atoms with van der Waals surface area (Å²) in [5.74, 6) is -0.316. The molecule has 0 amide bonds. The molecule has 0 atom stereocenters. The molecule has 0 radical (unpaired) electrons. The molecule has 2 heterocycles. The van der Waals surface area contributed by atoms with Crippen LogP contribution < -0.4 is 0 Å². The Morgan fingerprint density at radius 1 is 0.683 bits per heavy atom. The summed E-state index contributed by atoms with van der Waals surface area (Å²) in [5.41, 5.74) is 8.58. The number of aryl methyl sites for hydroxylation is 2. The minimum absolute atomic E-state index is 0. The van der Waals surface area contributed by atoms with E-state index in [-0.39, 0.29) is 37.8 Å². The first kappa shape index (κ1) is 31.3. The first-order valence-electron chi connectivity index (χ1n) is 24.8. The maximum atomic E-state index is 11.7. The number of fused-ring (bicyclic) bond motifs is 1. The van der Waals surface area contributed by atoms with Crippen LogP contribution in [-0.4, -0.2) is 19.6 Å². The summed E-state index contributed by atoms with van der Waals surface area (Å²) >= 11 is 0. The summed E-state index contributed by atoms with van der Waals surface area (Å²) in [6.45, 7) is 3.88. The van der Waals surface area contributed by atoms with Gasteiger partial charge in [0.05, 0.1) is 16.6 Å². The molecule has 0 bridgehead atoms. The second-order valence-corrected chi connectivity index (χ2v) is 16.7. The number of pyridine rings is 1. The number of aromatic hydroxyl groups is 1. The number of phenolic OH excluding ortho intramolecular Hbond substituents is 1. The molecule has 60 heavy (non-hydrogen) atoms. The first-order valence-corrected chi connectivity index (χ1v) is 19.8. The molecular weight excluding hydrogens is 914 g/mol. The van der Waals surface area contributed by atoms with Gasteiger partial charge in [-0.2, -0.15) is 0 Å². The molecule has 8 aromatic rings. The summed E-state index contributed by atoms with van der Waals surface area (Å²) in [4.78, 5) is 10.2. The van der Waals surface area contributed by atoms with Crippen molar-refractivity contribution >= 4 is 11.0 Å². The molecule has 306 valence electrons. The molecule has 0 saturated carbocycles. The van der Waals surface area contributed by atoms with E-state index in [2.05, 4.69) is 43.5 Å². The van der Waals surface area contributed by atoms with Gasteiger partial charge in [0.1, 0.15) is 11.6 Å². The van der Waals surface area contributed by atoms with Crippen LogP contribution in [0.2, 0.25) is 0 Å². The fourth-order valence-electron chi connectivity index (χ4n) is 7.80. The van der Waals surface area contributed by atoms with Crippen LogP contribution in [-0.2, 0) is 31.9 Å². The largest absolute Gasteiger partial charge is 0.507 e. The van der Waals surface area contributed by atoms with E-state index in [0.29, 0.717) is 44.9 Å². The Kier molecular flexibility index (Phi) is 8.60. The third kappa shape index (κ3) is 8.28. The van der Waals surface area contributed by atoms with Crippen molar-refractivity contribution in [2.45, 2.75) is 85.7 Å². The number of hydrogen-bond acceptors (Lipinski definition) is 3. The zero-order valence-electron chi connectivity index (χ0n) is 44.8. The Morgan fingerprint density at radius 3 is 2.12 bits per heavy atom. The molecule has 4 nitrogen and oxygen atoms in total. The van der Waals surface area contributed by atoms with E-state index in [1.165, 1.54) is 12.1 Å². The van der Waals surface area contributed by atoms with Gasteiger partial charge in [-0.15, -0.1) is 29.3 Å². The van der Waals surface area contributed by atoms with Crippen LogP contribution in [0.5, 0.6) is 5.75 Å². The Morgan fingerprint density at radius 2 is 1.42 bits per heavy atom. The molecule has 1 N–H and O–H groups in total. The van der Waals surface area contributed by atoms with Gasteiger partial charge in [0.15, 0.2) is 0 Å². The minimum atomic E-state index is -3.37. The van der Waals surface area contributed by atoms with E-state index in [1.807, 2.05) is 113 Å². The van der Waals surface area contributed by atoms with E-state index in [4.69, 9.17) is 22.3 Å². The predicted octanol–water partition coefficient (Wildman–Crippen LogP) is 14.6. The number of phenols is 1. The first-order chi connectivity index (χ1) is 32.1. The summed E-state index contributed by atoms with van der Waals surface area (Å²) < 4.78 is 84.9. The summed E-state index contributed by atoms with van der Waals surface area (Å²) in [5, 5.41) is 11.7. The van der Waals surface area contributed by atoms with E-state index in [9.17, 15) is 6.48 Å². The molecular formula is C55H54N3OPt-. The van der Waals surface area contributed by atoms with Gasteiger partial charge in [0.25, 0.3) is 0 Å². The molecule has 8 rings (SSSR count). The van der Waals surface area contributed by atoms with Gasteiger partial charge in [-0.3, -0.25) is 9.55 Å². The third-order valence-corrected chi connectivity index (χ3v) is 11.0. The number of aromatic nitrogens is 3. The average Bonchev–Trinajstić information content (AvgIpc) is 3.66. The van der Waals surface area contributed by atoms with Gasteiger partial charge in [0, 0.05) is 52.4 Å². The zero-order chi connectivity index (χ0) is 50.2. The molecule has 2 aromatic heterocycles. The van der Waals surface area contributed by atoms with Crippen LogP contribution in [0, 0.1) is 19.9 Å². The zero-order valence-corrected chi connectivity index (χ0v) is 37.1. The molecule has 0 aliphatic carbocycles. The number of rotatable bonds is 7. The summed E-state index contributed by atoms with van der Waals surface area (Å²) in [6.07, 6.45) is 1.65. The SMILES string of the molecule is [2H]C(C)(C)c1cc(-n2c(-c3cc(C)cc(C)c3O)nc3c(-c4[c-]c(-c5cc(-c6ccc(C(C([2H])([2H])[2H])(C([2H])([2H])[2H])C([2H])([2H])[2H])cc6)ccn5)cc(C(C)(C)C)c4)cccc32)ccc1-c1ccccc1.[Pt]. The molecule has 6 aromatic carbocycles. The predicted molar refractivity (Wildman–Crippen MR) is 248 cm³/mol. The van der Waals surface area contributed by atoms with E-state index in [1.54, 1.807) is 24.4 Å². The number of nitrogens with zero attached hydrogens (tertiary/aromatic N) is 3. The van der Waals surface area contributed by atoms with Crippen molar-refractivity contribution in [3.8, 4) is 67.5 Å². The fourth-order valence-corrected chi connectivity index (χ4v) is 7.80. The van der Waals surface area contributed by atoms with Gasteiger partial charge in [-0.05, 0) is 105 Å². The molecule has 0 aliphatic rings. The maximum Gasteiger partial charge on any atom is 0.148 e. The average molecular weight is 978 g/mol. The number of hydrogen-bond donors (Lipinski definition) is 1. The van der Waals surface area contributed by atoms with Gasteiger partial charge in [0.2, 0.25) is 0 Å². The quantitative estimate of drug-likeness (QED) is 0.162. The van der Waals surface area contributed by atoms with Crippen molar-refractivity contribution in [3.05, 3.63) is 167 Å². The fraction of sp³-hybridized carbons (Fsp3) is 0.236. The van der Waals surface area contributed by atoms with Gasteiger partial charge in [-0.1, -0.05) is 151 Å². The molecule has 0 spiro atoms. The molecule has 5 heteroatoms. The topological polar surface area (TPSA) is 50.9 Å². The Balaban J connectivity index is 0.00000722. The van der Waals surface area contributed by atoms with Gasteiger partial charge in [-0.25, -0.2) is 4.98 Å². The number of para-hydroxylation sites is 1. The third-order valence-electron chi connectivity index (χ3n) is 11.0. The van der Waals surface area contributed by atoms with Crippen LogP contribution in [0.15, 0.2) is 134 Å². The smallest absolute Gasteiger partial charge is 0.148 e. The van der Waals surface area contributed by atoms with Crippen molar-refractivity contribution in [2.75, 3.05) is 0 Å². The Hall–Kier alpha value is -5.57. The van der Waals surface area contributed by atoms with Crippen LogP contribution >= 0.6 is 0 Å². The number of benzene rings is 6. The van der Waals surface area contributed by atoms with E-state index in [0.717, 1.165) is 50.1 Å². The van der Waals surface area contributed by atoms with Crippen molar-refractivity contribution in [1.29, 1.82) is 0 Å². The van der Waals surface area contributed by atoms with Crippen molar-refractivity contribution in [2.24, 2.45) is 0 Å². The Labute approximate surface area is 384 Å². The maximum absolute atomic E-state index is 11.7. The summed E-state index contributed by atoms with van der Waals surface area (Å²) in [7, 11) is 0. The second-order valence-electron chi connectivity index (χ2n) is 16.7. The van der Waals surface area contributed by atoms with Crippen molar-refractivity contribution in [1.82, 2.24) is 14.5 Å². The van der Waals surface area contributed by atoms with Crippen LogP contribution in [0.25, 0.3) is 72.7 Å². The van der Waals surface area contributed by atoms with Crippen LogP contribution in [0.1, 0.15) is 103 Å². The molecule has 0 fully saturated rings. The van der Waals surface area contributed by atoms with E-state index >= 15 is 0 Å². The Bertz CT molecular complexity index is 3200. The molecule has 0 saturated heterocycles. The normalized spacial score (nSPS) is 15.2. The van der Waals surface area contributed by atoms with Crippen LogP contribution in [0.3, 0.4) is 0 Å². The van der Waals surface area contributed by atoms with Gasteiger partial charge >= 0.3 is 0 Å². The monoisotopic (exact) mass is 977 g/mol. The molecule has 0 aliphatic heterocycles. The van der Waals surface area contributed by atoms with Crippen molar-refractivity contribution < 1.29 is 39.9 Å². The number of imidazole rings is 1. The van der Waals surface area contributed by atoms with Crippen molar-refractivity contribution in [3.63, 3.8) is 0 Å².